The molecular formula is C15H17ClN2OS. The summed E-state index contributed by atoms with van der Waals surface area (Å²) in [5.41, 5.74) is 1.34. The van der Waals surface area contributed by atoms with E-state index in [4.69, 9.17) is 11.6 Å². The van der Waals surface area contributed by atoms with Crippen molar-refractivity contribution in [3.05, 3.63) is 46.7 Å². The van der Waals surface area contributed by atoms with Crippen LogP contribution in [0.3, 0.4) is 0 Å². The molecule has 0 saturated heterocycles. The first-order valence-corrected chi connectivity index (χ1v) is 7.52. The first-order chi connectivity index (χ1) is 9.27. The molecule has 1 aromatic carbocycles. The highest BCUT2D eigenvalue weighted by Gasteiger charge is 2.20. The summed E-state index contributed by atoms with van der Waals surface area (Å²) in [6.45, 7) is 8.15. The van der Waals surface area contributed by atoms with Crippen molar-refractivity contribution in [3.8, 4) is 0 Å². The Morgan fingerprint density at radius 3 is 2.35 bits per heavy atom. The van der Waals surface area contributed by atoms with Crippen LogP contribution in [0.1, 0.15) is 37.0 Å². The van der Waals surface area contributed by atoms with Crippen molar-refractivity contribution in [1.82, 2.24) is 9.78 Å². The number of hydrogen-bond donors (Lipinski definition) is 0. The first kappa shape index (κ1) is 15.1. The summed E-state index contributed by atoms with van der Waals surface area (Å²) in [6, 6.07) is 9.04. The average Bonchev–Trinajstić information content (AvgIpc) is 2.74. The Morgan fingerprint density at radius 2 is 1.85 bits per heavy atom. The lowest BCUT2D eigenvalue weighted by Gasteiger charge is -2.21. The zero-order chi connectivity index (χ0) is 14.9. The normalized spacial score (nSPS) is 11.7. The maximum absolute atomic E-state index is 12.2. The van der Waals surface area contributed by atoms with Crippen LogP contribution < -0.4 is 0 Å². The summed E-state index contributed by atoms with van der Waals surface area (Å²) in [5.74, 6) is 0. The van der Waals surface area contributed by atoms with E-state index in [2.05, 4.69) is 25.9 Å². The van der Waals surface area contributed by atoms with Gasteiger partial charge in [-0.25, -0.2) is 0 Å². The molecule has 0 aliphatic carbocycles. The molecule has 0 spiro atoms. The van der Waals surface area contributed by atoms with Crippen LogP contribution in [0.5, 0.6) is 0 Å². The molecule has 3 nitrogen and oxygen atoms in total. The Labute approximate surface area is 128 Å². The molecule has 5 heteroatoms. The molecule has 0 N–H and O–H groups in total. The average molecular weight is 309 g/mol. The van der Waals surface area contributed by atoms with Gasteiger partial charge in [0.15, 0.2) is 0 Å². The SMILES string of the molecule is Cc1cc(C(=O)Sc2ccc(Cl)cc2)nn1C(C)(C)C. The molecule has 0 fully saturated rings. The number of carbonyl (C=O) groups is 1. The standard InChI is InChI=1S/C15H17ClN2OS/c1-10-9-13(17-18(10)15(2,3)4)14(19)20-12-7-5-11(16)6-8-12/h5-9H,1-4H3. The minimum absolute atomic E-state index is 0.0570. The predicted molar refractivity (Wildman–Crippen MR) is 83.6 cm³/mol. The Morgan fingerprint density at radius 1 is 1.25 bits per heavy atom. The molecule has 2 rings (SSSR count). The van der Waals surface area contributed by atoms with E-state index in [0.717, 1.165) is 22.4 Å². The summed E-state index contributed by atoms with van der Waals surface area (Å²) in [6.07, 6.45) is 0. The number of nitrogens with zero attached hydrogens (tertiary/aromatic N) is 2. The van der Waals surface area contributed by atoms with Crippen molar-refractivity contribution in [3.63, 3.8) is 0 Å². The van der Waals surface area contributed by atoms with Crippen LogP contribution >= 0.6 is 23.4 Å². The second-order valence-electron chi connectivity index (χ2n) is 5.60. The van der Waals surface area contributed by atoms with Gasteiger partial charge in [-0.3, -0.25) is 9.48 Å². The number of halogens is 1. The third-order valence-corrected chi connectivity index (χ3v) is 3.91. The summed E-state index contributed by atoms with van der Waals surface area (Å²) >= 11 is 6.99. The molecule has 0 amide bonds. The number of aromatic nitrogens is 2. The van der Waals surface area contributed by atoms with E-state index in [0.29, 0.717) is 10.7 Å². The lowest BCUT2D eigenvalue weighted by molar-refractivity contribution is 0.108. The maximum Gasteiger partial charge on any atom is 0.244 e. The van der Waals surface area contributed by atoms with Gasteiger partial charge in [-0.1, -0.05) is 11.6 Å². The van der Waals surface area contributed by atoms with E-state index < -0.39 is 0 Å². The zero-order valence-corrected chi connectivity index (χ0v) is 13.5. The Hall–Kier alpha value is -1.26. The van der Waals surface area contributed by atoms with E-state index in [1.54, 1.807) is 12.1 Å². The quantitative estimate of drug-likeness (QED) is 0.764. The molecule has 0 bridgehead atoms. The Bertz CT molecular complexity index is 626. The molecule has 1 aromatic heterocycles. The molecule has 0 atom stereocenters. The molecule has 20 heavy (non-hydrogen) atoms. The lowest BCUT2D eigenvalue weighted by Crippen LogP contribution is -2.24. The van der Waals surface area contributed by atoms with Gasteiger partial charge in [0.25, 0.3) is 0 Å². The number of thioether (sulfide) groups is 1. The molecule has 0 aliphatic heterocycles. The van der Waals surface area contributed by atoms with Crippen LogP contribution in [0.25, 0.3) is 0 Å². The van der Waals surface area contributed by atoms with Crippen molar-refractivity contribution in [1.29, 1.82) is 0 Å². The van der Waals surface area contributed by atoms with E-state index in [1.165, 1.54) is 0 Å². The number of carbonyl (C=O) groups excluding carboxylic acids is 1. The Kier molecular flexibility index (Phi) is 4.25. The van der Waals surface area contributed by atoms with Crippen molar-refractivity contribution in [2.24, 2.45) is 0 Å². The largest absolute Gasteiger partial charge is 0.279 e. The number of rotatable bonds is 2. The van der Waals surface area contributed by atoms with Crippen molar-refractivity contribution in [2.75, 3.05) is 0 Å². The molecule has 0 aliphatic rings. The molecule has 1 heterocycles. The van der Waals surface area contributed by atoms with Crippen molar-refractivity contribution < 1.29 is 4.79 Å². The fourth-order valence-electron chi connectivity index (χ4n) is 1.92. The molecule has 106 valence electrons. The highest BCUT2D eigenvalue weighted by atomic mass is 35.5. The third kappa shape index (κ3) is 3.44. The van der Waals surface area contributed by atoms with Gasteiger partial charge in [-0.2, -0.15) is 5.10 Å². The summed E-state index contributed by atoms with van der Waals surface area (Å²) in [5, 5.41) is 5.02. The number of aryl methyl sites for hydroxylation is 1. The zero-order valence-electron chi connectivity index (χ0n) is 12.0. The highest BCUT2D eigenvalue weighted by molar-refractivity contribution is 8.14. The topological polar surface area (TPSA) is 34.9 Å². The van der Waals surface area contributed by atoms with Crippen LogP contribution in [0.4, 0.5) is 0 Å². The van der Waals surface area contributed by atoms with Crippen molar-refractivity contribution >= 4 is 28.5 Å². The summed E-state index contributed by atoms with van der Waals surface area (Å²) in [4.78, 5) is 13.1. The van der Waals surface area contributed by atoms with Gasteiger partial charge in [0.1, 0.15) is 5.69 Å². The van der Waals surface area contributed by atoms with E-state index >= 15 is 0 Å². The van der Waals surface area contributed by atoms with E-state index in [-0.39, 0.29) is 10.7 Å². The molecular weight excluding hydrogens is 292 g/mol. The fraction of sp³-hybridized carbons (Fsp3) is 0.333. The van der Waals surface area contributed by atoms with Gasteiger partial charge in [0, 0.05) is 15.6 Å². The van der Waals surface area contributed by atoms with Crippen LogP contribution in [0, 0.1) is 6.92 Å². The minimum Gasteiger partial charge on any atom is -0.279 e. The van der Waals surface area contributed by atoms with Gasteiger partial charge in [0.2, 0.25) is 5.12 Å². The van der Waals surface area contributed by atoms with Crippen molar-refractivity contribution in [2.45, 2.75) is 38.1 Å². The van der Waals surface area contributed by atoms with Gasteiger partial charge >= 0.3 is 0 Å². The first-order valence-electron chi connectivity index (χ1n) is 6.32. The van der Waals surface area contributed by atoms with E-state index in [9.17, 15) is 4.79 Å². The monoisotopic (exact) mass is 308 g/mol. The third-order valence-electron chi connectivity index (χ3n) is 2.76. The molecule has 0 radical (unpaired) electrons. The molecule has 2 aromatic rings. The number of benzene rings is 1. The van der Waals surface area contributed by atoms with Crippen LogP contribution in [-0.4, -0.2) is 14.9 Å². The maximum atomic E-state index is 12.2. The van der Waals surface area contributed by atoms with E-state index in [1.807, 2.05) is 29.8 Å². The van der Waals surface area contributed by atoms with Gasteiger partial charge in [0.05, 0.1) is 5.54 Å². The second-order valence-corrected chi connectivity index (χ2v) is 7.08. The Balaban J connectivity index is 2.20. The second kappa shape index (κ2) is 5.62. The lowest BCUT2D eigenvalue weighted by atomic mass is 10.1. The minimum atomic E-state index is -0.131. The van der Waals surface area contributed by atoms with Gasteiger partial charge in [-0.15, -0.1) is 0 Å². The van der Waals surface area contributed by atoms with Gasteiger partial charge < -0.3 is 0 Å². The number of hydrogen-bond acceptors (Lipinski definition) is 3. The highest BCUT2D eigenvalue weighted by Crippen LogP contribution is 2.25. The summed E-state index contributed by atoms with van der Waals surface area (Å²) in [7, 11) is 0. The predicted octanol–water partition coefficient (Wildman–Crippen LogP) is 4.53. The van der Waals surface area contributed by atoms with Crippen LogP contribution in [-0.2, 0) is 5.54 Å². The van der Waals surface area contributed by atoms with Crippen LogP contribution in [0.2, 0.25) is 5.02 Å². The smallest absolute Gasteiger partial charge is 0.244 e. The van der Waals surface area contributed by atoms with Crippen LogP contribution in [0.15, 0.2) is 35.2 Å². The molecule has 0 saturated carbocycles. The molecule has 0 unspecified atom stereocenters. The fourth-order valence-corrected chi connectivity index (χ4v) is 2.73. The summed E-state index contributed by atoms with van der Waals surface area (Å²) < 4.78 is 1.88. The van der Waals surface area contributed by atoms with Gasteiger partial charge in [-0.05, 0) is 69.8 Å².